The van der Waals surface area contributed by atoms with E-state index in [1.165, 1.54) is 4.90 Å². The number of fused-ring (bicyclic) bond motifs is 3. The molecule has 42 heavy (non-hydrogen) atoms. The number of carbonyl (C=O) groups excluding carboxylic acids is 4. The third kappa shape index (κ3) is 5.29. The average Bonchev–Trinajstić information content (AvgIpc) is 2.84. The number of aromatic hydroxyl groups is 1. The van der Waals surface area contributed by atoms with Crippen molar-refractivity contribution in [3.05, 3.63) is 34.1 Å². The SMILES string of the molecule is CCN(C)[C@@H]1C(O)=C(C(N)=O)C(=O)C2C(=O)C3=C(O)c4c(O)c(NC(=O)CN(C)C)cc(OC(F)(F)F)c4C[C@H]3CC21. The minimum Gasteiger partial charge on any atom is -0.510 e. The first kappa shape index (κ1) is 30.8. The number of rotatable bonds is 7. The predicted molar refractivity (Wildman–Crippen MR) is 141 cm³/mol. The Balaban J connectivity index is 1.90. The molecule has 15 heteroatoms. The minimum atomic E-state index is -5.19. The topological polar surface area (TPSA) is 183 Å². The van der Waals surface area contributed by atoms with Gasteiger partial charge in [0.25, 0.3) is 5.91 Å². The molecule has 3 aliphatic carbocycles. The Bertz CT molecular complexity index is 1440. The molecule has 1 fully saturated rings. The maximum atomic E-state index is 13.9. The van der Waals surface area contributed by atoms with Crippen molar-refractivity contribution >= 4 is 34.8 Å². The highest BCUT2D eigenvalue weighted by atomic mass is 19.4. The van der Waals surface area contributed by atoms with Crippen molar-refractivity contribution in [3.8, 4) is 11.5 Å². The van der Waals surface area contributed by atoms with E-state index in [0.717, 1.165) is 6.07 Å². The van der Waals surface area contributed by atoms with E-state index in [2.05, 4.69) is 10.1 Å². The molecule has 0 aromatic heterocycles. The van der Waals surface area contributed by atoms with E-state index in [1.807, 2.05) is 0 Å². The second-order valence-electron chi connectivity index (χ2n) is 10.9. The zero-order chi connectivity index (χ0) is 31.4. The molecule has 0 saturated heterocycles. The first-order valence-corrected chi connectivity index (χ1v) is 13.0. The van der Waals surface area contributed by atoms with Gasteiger partial charge in [0.1, 0.15) is 22.8 Å². The van der Waals surface area contributed by atoms with Crippen molar-refractivity contribution in [2.24, 2.45) is 23.5 Å². The maximum absolute atomic E-state index is 13.9. The summed E-state index contributed by atoms with van der Waals surface area (Å²) in [5, 5.41) is 35.5. The summed E-state index contributed by atoms with van der Waals surface area (Å²) in [7, 11) is 4.73. The molecular weight excluding hydrogens is 565 g/mol. The van der Waals surface area contributed by atoms with Crippen LogP contribution in [0.15, 0.2) is 23.0 Å². The molecule has 1 saturated carbocycles. The number of nitrogens with one attached hydrogen (secondary N) is 1. The van der Waals surface area contributed by atoms with Crippen molar-refractivity contribution in [1.82, 2.24) is 9.80 Å². The van der Waals surface area contributed by atoms with Crippen LogP contribution in [0.2, 0.25) is 0 Å². The van der Waals surface area contributed by atoms with Gasteiger partial charge in [0.2, 0.25) is 5.91 Å². The average molecular weight is 597 g/mol. The number of benzene rings is 1. The smallest absolute Gasteiger partial charge is 0.510 e. The number of likely N-dealkylation sites (N-methyl/N-ethyl adjacent to an activating group) is 2. The second-order valence-corrected chi connectivity index (χ2v) is 10.9. The standard InChI is InChI=1S/C27H31F3N4O8/c1-5-34(4)20-12-7-10-6-11-14(42-27(28,29)30)8-13(32-15(35)9-33(2)3)21(36)17(11)22(37)16(10)23(38)18(12)24(39)19(25(20)40)26(31)41/h8,10,12,18,20,36-37,40H,5-7,9H2,1-4H3,(H2,31,41)(H,32,35)/t10-,12?,18?,20-/m0/s1. The number of amides is 2. The van der Waals surface area contributed by atoms with Gasteiger partial charge in [-0.25, -0.2) is 0 Å². The number of phenolic OH excluding ortho intramolecular Hbond substituents is 1. The summed E-state index contributed by atoms with van der Waals surface area (Å²) in [4.78, 5) is 54.8. The van der Waals surface area contributed by atoms with Gasteiger partial charge < -0.3 is 36.0 Å². The highest BCUT2D eigenvalue weighted by molar-refractivity contribution is 6.28. The molecule has 228 valence electrons. The number of nitrogens with two attached hydrogens (primary N) is 1. The van der Waals surface area contributed by atoms with Crippen molar-refractivity contribution in [1.29, 1.82) is 0 Å². The van der Waals surface area contributed by atoms with Crippen LogP contribution in [0.4, 0.5) is 18.9 Å². The summed E-state index contributed by atoms with van der Waals surface area (Å²) in [6, 6.07) is -0.213. The zero-order valence-corrected chi connectivity index (χ0v) is 23.2. The molecule has 0 aliphatic heterocycles. The summed E-state index contributed by atoms with van der Waals surface area (Å²) in [6.45, 7) is 1.87. The number of nitrogens with zero attached hydrogens (tertiary/aromatic N) is 2. The fourth-order valence-corrected chi connectivity index (χ4v) is 6.19. The molecule has 0 radical (unpaired) electrons. The first-order chi connectivity index (χ1) is 19.5. The number of primary amides is 1. The molecule has 6 N–H and O–H groups in total. The van der Waals surface area contributed by atoms with Crippen LogP contribution in [0.5, 0.6) is 11.5 Å². The van der Waals surface area contributed by atoms with Gasteiger partial charge in [0.15, 0.2) is 17.3 Å². The lowest BCUT2D eigenvalue weighted by molar-refractivity contribution is -0.275. The lowest BCUT2D eigenvalue weighted by Crippen LogP contribution is -2.56. The largest absolute Gasteiger partial charge is 0.573 e. The van der Waals surface area contributed by atoms with Gasteiger partial charge in [-0.1, -0.05) is 6.92 Å². The number of hydrogen-bond acceptors (Lipinski definition) is 10. The van der Waals surface area contributed by atoms with Gasteiger partial charge in [-0.15, -0.1) is 13.2 Å². The predicted octanol–water partition coefficient (Wildman–Crippen LogP) is 1.64. The number of allylic oxidation sites excluding steroid dienone is 1. The summed E-state index contributed by atoms with van der Waals surface area (Å²) in [5.74, 6) is -10.4. The fourth-order valence-electron chi connectivity index (χ4n) is 6.19. The second kappa shape index (κ2) is 10.9. The molecule has 1 aromatic rings. The fraction of sp³-hybridized carbons (Fsp3) is 0.481. The highest BCUT2D eigenvalue weighted by Gasteiger charge is 2.56. The molecular formula is C27H31F3N4O8. The summed E-state index contributed by atoms with van der Waals surface area (Å²) >= 11 is 0. The molecule has 0 bridgehead atoms. The van der Waals surface area contributed by atoms with E-state index in [-0.39, 0.29) is 30.5 Å². The van der Waals surface area contributed by atoms with Gasteiger partial charge in [-0.3, -0.25) is 24.1 Å². The van der Waals surface area contributed by atoms with Crippen molar-refractivity contribution in [3.63, 3.8) is 0 Å². The third-order valence-electron chi connectivity index (χ3n) is 7.90. The van der Waals surface area contributed by atoms with Crippen LogP contribution in [0, 0.1) is 17.8 Å². The number of phenols is 1. The summed E-state index contributed by atoms with van der Waals surface area (Å²) in [6.07, 6.45) is -5.56. The number of halogens is 3. The van der Waals surface area contributed by atoms with Crippen LogP contribution >= 0.6 is 0 Å². The van der Waals surface area contributed by atoms with Crippen molar-refractivity contribution in [2.45, 2.75) is 32.2 Å². The Labute approximate surface area is 238 Å². The summed E-state index contributed by atoms with van der Waals surface area (Å²) < 4.78 is 44.5. The number of hydrogen-bond donors (Lipinski definition) is 5. The van der Waals surface area contributed by atoms with E-state index in [4.69, 9.17) is 5.73 Å². The molecule has 2 unspecified atom stereocenters. The highest BCUT2D eigenvalue weighted by Crippen LogP contribution is 2.53. The first-order valence-electron chi connectivity index (χ1n) is 13.0. The Morgan fingerprint density at radius 2 is 1.79 bits per heavy atom. The minimum absolute atomic E-state index is 0.0559. The van der Waals surface area contributed by atoms with Gasteiger partial charge in [-0.05, 0) is 52.4 Å². The number of anilines is 1. The number of ether oxygens (including phenoxy) is 1. The van der Waals surface area contributed by atoms with Gasteiger partial charge in [0, 0.05) is 17.2 Å². The number of aliphatic hydroxyl groups excluding tert-OH is 2. The molecule has 4 rings (SSSR count). The number of ketones is 2. The number of alkyl halides is 3. The van der Waals surface area contributed by atoms with Gasteiger partial charge >= 0.3 is 6.36 Å². The van der Waals surface area contributed by atoms with Gasteiger partial charge in [0.05, 0.1) is 29.8 Å². The monoisotopic (exact) mass is 596 g/mol. The van der Waals surface area contributed by atoms with Crippen LogP contribution in [0.3, 0.4) is 0 Å². The van der Waals surface area contributed by atoms with Crippen molar-refractivity contribution < 1.29 is 52.4 Å². The molecule has 3 aliphatic rings. The van der Waals surface area contributed by atoms with Crippen LogP contribution in [-0.4, -0.2) is 95.1 Å². The Hall–Kier alpha value is -4.11. The van der Waals surface area contributed by atoms with E-state index in [0.29, 0.717) is 6.54 Å². The van der Waals surface area contributed by atoms with Crippen LogP contribution in [-0.2, 0) is 25.6 Å². The van der Waals surface area contributed by atoms with E-state index >= 15 is 0 Å². The van der Waals surface area contributed by atoms with Crippen LogP contribution < -0.4 is 15.8 Å². The summed E-state index contributed by atoms with van der Waals surface area (Å²) in [5.41, 5.74) is 2.97. The molecule has 0 heterocycles. The zero-order valence-electron chi connectivity index (χ0n) is 23.2. The third-order valence-corrected chi connectivity index (χ3v) is 7.90. The normalized spacial score (nSPS) is 24.0. The number of carbonyl (C=O) groups is 4. The van der Waals surface area contributed by atoms with Crippen LogP contribution in [0.25, 0.3) is 5.76 Å². The molecule has 4 atom stereocenters. The number of aliphatic hydroxyl groups is 2. The molecule has 12 nitrogen and oxygen atoms in total. The molecule has 1 aromatic carbocycles. The van der Waals surface area contributed by atoms with Crippen LogP contribution in [0.1, 0.15) is 24.5 Å². The Kier molecular flexibility index (Phi) is 8.04. The Morgan fingerprint density at radius 1 is 1.14 bits per heavy atom. The Morgan fingerprint density at radius 3 is 2.33 bits per heavy atom. The molecule has 0 spiro atoms. The van der Waals surface area contributed by atoms with Crippen molar-refractivity contribution in [2.75, 3.05) is 39.5 Å². The maximum Gasteiger partial charge on any atom is 0.573 e. The van der Waals surface area contributed by atoms with E-state index < -0.39 is 93.4 Å². The van der Waals surface area contributed by atoms with E-state index in [9.17, 15) is 47.7 Å². The van der Waals surface area contributed by atoms with Gasteiger partial charge in [-0.2, -0.15) is 0 Å². The lowest BCUT2D eigenvalue weighted by atomic mass is 9.59. The quantitative estimate of drug-likeness (QED) is 0.176. The lowest BCUT2D eigenvalue weighted by Gasteiger charge is -2.46. The molecule has 2 amide bonds. The number of Topliss-reactive ketones (excluding diaryl/α,β-unsaturated/α-hetero) is 2. The van der Waals surface area contributed by atoms with E-state index in [1.54, 1.807) is 33.0 Å².